The first kappa shape index (κ1) is 15.2. The number of hydrazone groups is 1. The molecule has 0 aromatic heterocycles. The number of carbonyl (C=O) groups is 2. The van der Waals surface area contributed by atoms with Crippen LogP contribution >= 0.6 is 0 Å². The van der Waals surface area contributed by atoms with E-state index in [0.29, 0.717) is 11.3 Å². The monoisotopic (exact) mass is 290 g/mol. The average Bonchev–Trinajstić information content (AvgIpc) is 2.75. The summed E-state index contributed by atoms with van der Waals surface area (Å²) < 4.78 is 4.86. The molecule has 21 heavy (non-hydrogen) atoms. The second-order valence-corrected chi connectivity index (χ2v) is 5.04. The molecule has 1 aromatic rings. The number of rotatable bonds is 3. The van der Waals surface area contributed by atoms with Gasteiger partial charge in [-0.3, -0.25) is 4.79 Å². The molecule has 0 unspecified atom stereocenters. The summed E-state index contributed by atoms with van der Waals surface area (Å²) in [5, 5.41) is 15.4. The molecule has 0 saturated carbocycles. The van der Waals surface area contributed by atoms with E-state index in [9.17, 15) is 14.7 Å². The third kappa shape index (κ3) is 2.80. The quantitative estimate of drug-likeness (QED) is 0.855. The minimum absolute atomic E-state index is 0.0522. The molecule has 0 radical (unpaired) electrons. The standard InChI is InChI=1S/C15H18N2O4/c1-4-21-14(19)15(20)9-11(3)16-17(15)13(18)12-7-5-6-10(2)8-12/h5-8,20H,4,9H2,1-3H3/t15-/m0/s1. The number of ether oxygens (including phenoxy) is 1. The molecule has 1 amide bonds. The van der Waals surface area contributed by atoms with Gasteiger partial charge in [0, 0.05) is 17.7 Å². The Labute approximate surface area is 123 Å². The number of aliphatic hydroxyl groups is 1. The van der Waals surface area contributed by atoms with Crippen LogP contribution in [0.4, 0.5) is 0 Å². The van der Waals surface area contributed by atoms with Gasteiger partial charge in [0.25, 0.3) is 11.6 Å². The molecule has 2 rings (SSSR count). The lowest BCUT2D eigenvalue weighted by Crippen LogP contribution is -2.53. The molecule has 0 aliphatic carbocycles. The minimum atomic E-state index is -2.07. The lowest BCUT2D eigenvalue weighted by atomic mass is 10.1. The van der Waals surface area contributed by atoms with Crippen LogP contribution in [-0.2, 0) is 9.53 Å². The number of aryl methyl sites for hydroxylation is 1. The molecular formula is C15H18N2O4. The van der Waals surface area contributed by atoms with E-state index in [-0.39, 0.29) is 13.0 Å². The molecule has 6 nitrogen and oxygen atoms in total. The third-order valence-electron chi connectivity index (χ3n) is 3.18. The highest BCUT2D eigenvalue weighted by Crippen LogP contribution is 2.28. The molecule has 112 valence electrons. The molecule has 1 aromatic carbocycles. The van der Waals surface area contributed by atoms with E-state index >= 15 is 0 Å². The molecule has 0 saturated heterocycles. The van der Waals surface area contributed by atoms with Crippen molar-refractivity contribution in [1.29, 1.82) is 0 Å². The summed E-state index contributed by atoms with van der Waals surface area (Å²) in [7, 11) is 0. The third-order valence-corrected chi connectivity index (χ3v) is 3.18. The van der Waals surface area contributed by atoms with E-state index in [1.54, 1.807) is 32.0 Å². The number of benzene rings is 1. The van der Waals surface area contributed by atoms with Crippen LogP contribution in [0.15, 0.2) is 29.4 Å². The first-order valence-corrected chi connectivity index (χ1v) is 6.73. The van der Waals surface area contributed by atoms with Crippen LogP contribution in [0.25, 0.3) is 0 Å². The van der Waals surface area contributed by atoms with Crippen molar-refractivity contribution in [2.75, 3.05) is 6.61 Å². The topological polar surface area (TPSA) is 79.2 Å². The van der Waals surface area contributed by atoms with Gasteiger partial charge in [-0.05, 0) is 32.9 Å². The first-order chi connectivity index (χ1) is 9.88. The van der Waals surface area contributed by atoms with Gasteiger partial charge in [0.1, 0.15) is 0 Å². The van der Waals surface area contributed by atoms with Gasteiger partial charge < -0.3 is 9.84 Å². The summed E-state index contributed by atoms with van der Waals surface area (Å²) in [6.45, 7) is 5.25. The normalized spacial score (nSPS) is 21.1. The zero-order valence-electron chi connectivity index (χ0n) is 12.3. The summed E-state index contributed by atoms with van der Waals surface area (Å²) in [6, 6.07) is 6.88. The van der Waals surface area contributed by atoms with Crippen molar-refractivity contribution in [3.8, 4) is 0 Å². The van der Waals surface area contributed by atoms with Crippen molar-refractivity contribution in [2.45, 2.75) is 32.9 Å². The van der Waals surface area contributed by atoms with Crippen LogP contribution < -0.4 is 0 Å². The lowest BCUT2D eigenvalue weighted by Gasteiger charge is -2.28. The van der Waals surface area contributed by atoms with Crippen molar-refractivity contribution in [3.63, 3.8) is 0 Å². The molecule has 1 N–H and O–H groups in total. The van der Waals surface area contributed by atoms with Gasteiger partial charge in [-0.1, -0.05) is 17.7 Å². The number of hydrogen-bond donors (Lipinski definition) is 1. The van der Waals surface area contributed by atoms with Gasteiger partial charge in [-0.15, -0.1) is 0 Å². The fourth-order valence-corrected chi connectivity index (χ4v) is 2.24. The molecule has 6 heteroatoms. The van der Waals surface area contributed by atoms with E-state index in [1.807, 2.05) is 13.0 Å². The van der Waals surface area contributed by atoms with E-state index < -0.39 is 17.6 Å². The van der Waals surface area contributed by atoms with Gasteiger partial charge in [-0.25, -0.2) is 4.79 Å². The summed E-state index contributed by atoms with van der Waals surface area (Å²) in [5.74, 6) is -1.40. The van der Waals surface area contributed by atoms with E-state index in [1.165, 1.54) is 0 Å². The first-order valence-electron chi connectivity index (χ1n) is 6.73. The Hall–Kier alpha value is -2.21. The summed E-state index contributed by atoms with van der Waals surface area (Å²) >= 11 is 0. The largest absolute Gasteiger partial charge is 0.462 e. The molecule has 1 aliphatic heterocycles. The van der Waals surface area contributed by atoms with E-state index in [0.717, 1.165) is 10.6 Å². The Balaban J connectivity index is 2.35. The fraction of sp³-hybridized carbons (Fsp3) is 0.400. The lowest BCUT2D eigenvalue weighted by molar-refractivity contribution is -0.179. The second kappa shape index (κ2) is 5.65. The molecule has 1 heterocycles. The van der Waals surface area contributed by atoms with Gasteiger partial charge in [-0.2, -0.15) is 10.1 Å². The Morgan fingerprint density at radius 3 is 2.76 bits per heavy atom. The molecular weight excluding hydrogens is 272 g/mol. The number of amides is 1. The molecule has 0 bridgehead atoms. The van der Waals surface area contributed by atoms with E-state index in [4.69, 9.17) is 4.74 Å². The van der Waals surface area contributed by atoms with Crippen LogP contribution in [0.2, 0.25) is 0 Å². The number of carbonyl (C=O) groups excluding carboxylic acids is 2. The van der Waals surface area contributed by atoms with Crippen molar-refractivity contribution in [3.05, 3.63) is 35.4 Å². The van der Waals surface area contributed by atoms with Gasteiger partial charge in [0.2, 0.25) is 0 Å². The van der Waals surface area contributed by atoms with Gasteiger partial charge in [0.15, 0.2) is 0 Å². The minimum Gasteiger partial charge on any atom is -0.462 e. The second-order valence-electron chi connectivity index (χ2n) is 5.04. The molecule has 1 aliphatic rings. The van der Waals surface area contributed by atoms with Crippen LogP contribution in [-0.4, -0.2) is 40.0 Å². The Morgan fingerprint density at radius 2 is 2.14 bits per heavy atom. The maximum absolute atomic E-state index is 12.5. The van der Waals surface area contributed by atoms with E-state index in [2.05, 4.69) is 5.10 Å². The molecule has 0 spiro atoms. The van der Waals surface area contributed by atoms with Crippen molar-refractivity contribution in [2.24, 2.45) is 5.10 Å². The highest BCUT2D eigenvalue weighted by atomic mass is 16.6. The number of nitrogens with zero attached hydrogens (tertiary/aromatic N) is 2. The SMILES string of the molecule is CCOC(=O)[C@@]1(O)CC(C)=NN1C(=O)c1cccc(C)c1. The van der Waals surface area contributed by atoms with Crippen molar-refractivity contribution >= 4 is 17.6 Å². The van der Waals surface area contributed by atoms with Gasteiger partial charge >= 0.3 is 5.97 Å². The van der Waals surface area contributed by atoms with Crippen LogP contribution in [0.1, 0.15) is 36.2 Å². The number of hydrogen-bond acceptors (Lipinski definition) is 5. The zero-order valence-corrected chi connectivity index (χ0v) is 12.3. The molecule has 0 fully saturated rings. The fourth-order valence-electron chi connectivity index (χ4n) is 2.24. The maximum atomic E-state index is 12.5. The average molecular weight is 290 g/mol. The van der Waals surface area contributed by atoms with Gasteiger partial charge in [0.05, 0.1) is 6.61 Å². The summed E-state index contributed by atoms with van der Waals surface area (Å²) in [4.78, 5) is 24.5. The van der Waals surface area contributed by atoms with Crippen molar-refractivity contribution < 1.29 is 19.4 Å². The van der Waals surface area contributed by atoms with Crippen LogP contribution in [0.5, 0.6) is 0 Å². The predicted molar refractivity (Wildman–Crippen MR) is 76.7 cm³/mol. The Kier molecular flexibility index (Phi) is 4.09. The molecule has 1 atom stereocenters. The van der Waals surface area contributed by atoms with Crippen LogP contribution in [0.3, 0.4) is 0 Å². The smallest absolute Gasteiger partial charge is 0.362 e. The summed E-state index contributed by atoms with van der Waals surface area (Å²) in [5.41, 5.74) is -0.316. The Bertz CT molecular complexity index is 611. The summed E-state index contributed by atoms with van der Waals surface area (Å²) in [6.07, 6.45) is -0.0522. The zero-order chi connectivity index (χ0) is 15.6. The highest BCUT2D eigenvalue weighted by Gasteiger charge is 2.51. The predicted octanol–water partition coefficient (Wildman–Crippen LogP) is 1.47. The van der Waals surface area contributed by atoms with Crippen LogP contribution in [0, 0.1) is 6.92 Å². The van der Waals surface area contributed by atoms with Crippen molar-refractivity contribution in [1.82, 2.24) is 5.01 Å². The number of esters is 1. The Morgan fingerprint density at radius 1 is 1.43 bits per heavy atom. The highest BCUT2D eigenvalue weighted by molar-refractivity contribution is 6.02. The maximum Gasteiger partial charge on any atom is 0.362 e.